The summed E-state index contributed by atoms with van der Waals surface area (Å²) in [6.45, 7) is 0.895. The van der Waals surface area contributed by atoms with Gasteiger partial charge in [-0.2, -0.15) is 4.57 Å². The first-order valence-corrected chi connectivity index (χ1v) is 7.68. The third-order valence-electron chi connectivity index (χ3n) is 3.55. The topological polar surface area (TPSA) is 29.7 Å². The maximum Gasteiger partial charge on any atom is 0.282 e. The summed E-state index contributed by atoms with van der Waals surface area (Å²) in [5, 5.41) is 2.66. The maximum absolute atomic E-state index is 4.49. The molecule has 0 bridgehead atoms. The Bertz CT molecular complexity index is 952. The van der Waals surface area contributed by atoms with Crippen LogP contribution in [0, 0.1) is 0 Å². The van der Waals surface area contributed by atoms with Crippen molar-refractivity contribution in [2.24, 2.45) is 0 Å². The van der Waals surface area contributed by atoms with Gasteiger partial charge in [-0.05, 0) is 18.2 Å². The number of thiophene rings is 1. The molecule has 19 heavy (non-hydrogen) atoms. The Hall–Kier alpha value is -1.85. The second-order valence-electron chi connectivity index (χ2n) is 4.60. The van der Waals surface area contributed by atoms with Gasteiger partial charge in [-0.3, -0.25) is 9.97 Å². The van der Waals surface area contributed by atoms with E-state index in [0.29, 0.717) is 0 Å². The summed E-state index contributed by atoms with van der Waals surface area (Å²) < 4.78 is 5.04. The van der Waals surface area contributed by atoms with Crippen LogP contribution in [0.15, 0.2) is 36.8 Å². The molecule has 0 N–H and O–H groups in total. The minimum atomic E-state index is 0.895. The van der Waals surface area contributed by atoms with Gasteiger partial charge in [-0.25, -0.2) is 0 Å². The van der Waals surface area contributed by atoms with E-state index in [1.807, 2.05) is 47.3 Å². The SMILES string of the molecule is c1cnc2c(c1)-c1sc3c4ccncc4sc3[n+]1C2. The molecular formula is C14H8N3S2+. The summed E-state index contributed by atoms with van der Waals surface area (Å²) in [4.78, 5) is 10.0. The van der Waals surface area contributed by atoms with E-state index in [-0.39, 0.29) is 0 Å². The molecule has 5 heteroatoms. The normalized spacial score (nSPS) is 13.1. The van der Waals surface area contributed by atoms with Crippen LogP contribution in [-0.4, -0.2) is 9.97 Å². The van der Waals surface area contributed by atoms with Crippen LogP contribution in [0.1, 0.15) is 5.69 Å². The van der Waals surface area contributed by atoms with Crippen LogP contribution in [0.3, 0.4) is 0 Å². The number of nitrogens with zero attached hydrogens (tertiary/aromatic N) is 3. The van der Waals surface area contributed by atoms with E-state index in [1.54, 1.807) is 0 Å². The molecule has 5 heterocycles. The number of thiazole rings is 1. The van der Waals surface area contributed by atoms with Crippen LogP contribution < -0.4 is 4.57 Å². The van der Waals surface area contributed by atoms with Gasteiger partial charge in [0, 0.05) is 24.0 Å². The lowest BCUT2D eigenvalue weighted by molar-refractivity contribution is -0.640. The first kappa shape index (κ1) is 10.00. The Morgan fingerprint density at radius 1 is 1.16 bits per heavy atom. The highest BCUT2D eigenvalue weighted by atomic mass is 32.1. The van der Waals surface area contributed by atoms with Crippen molar-refractivity contribution >= 4 is 42.3 Å². The quantitative estimate of drug-likeness (QED) is 0.408. The Balaban J connectivity index is 1.93. The lowest BCUT2D eigenvalue weighted by Crippen LogP contribution is -2.29. The molecule has 3 nitrogen and oxygen atoms in total. The van der Waals surface area contributed by atoms with Gasteiger partial charge in [0.2, 0.25) is 0 Å². The summed E-state index contributed by atoms with van der Waals surface area (Å²) >= 11 is 3.70. The van der Waals surface area contributed by atoms with Gasteiger partial charge in [-0.1, -0.05) is 22.7 Å². The molecule has 4 aromatic heterocycles. The minimum absolute atomic E-state index is 0.895. The first-order chi connectivity index (χ1) is 9.42. The molecule has 0 atom stereocenters. The zero-order valence-electron chi connectivity index (χ0n) is 9.83. The third kappa shape index (κ3) is 1.19. The highest BCUT2D eigenvalue weighted by molar-refractivity contribution is 7.32. The molecule has 0 unspecified atom stereocenters. The predicted octanol–water partition coefficient (Wildman–Crippen LogP) is 3.22. The summed E-state index contributed by atoms with van der Waals surface area (Å²) in [7, 11) is 0. The monoisotopic (exact) mass is 282 g/mol. The van der Waals surface area contributed by atoms with E-state index in [4.69, 9.17) is 0 Å². The van der Waals surface area contributed by atoms with Gasteiger partial charge >= 0.3 is 0 Å². The summed E-state index contributed by atoms with van der Waals surface area (Å²) in [5.41, 5.74) is 2.48. The van der Waals surface area contributed by atoms with Crippen molar-refractivity contribution in [2.45, 2.75) is 6.54 Å². The van der Waals surface area contributed by atoms with E-state index in [9.17, 15) is 0 Å². The van der Waals surface area contributed by atoms with E-state index in [0.717, 1.165) is 6.54 Å². The summed E-state index contributed by atoms with van der Waals surface area (Å²) in [6.07, 6.45) is 5.71. The molecular weight excluding hydrogens is 274 g/mol. The van der Waals surface area contributed by atoms with Crippen LogP contribution in [0.4, 0.5) is 0 Å². The third-order valence-corrected chi connectivity index (χ3v) is 6.09. The molecule has 0 aromatic carbocycles. The smallest absolute Gasteiger partial charge is 0.263 e. The summed E-state index contributed by atoms with van der Waals surface area (Å²) in [6, 6.07) is 6.31. The van der Waals surface area contributed by atoms with Crippen molar-refractivity contribution in [3.63, 3.8) is 0 Å². The molecule has 0 fully saturated rings. The fourth-order valence-electron chi connectivity index (χ4n) is 2.69. The minimum Gasteiger partial charge on any atom is -0.263 e. The molecule has 0 saturated heterocycles. The summed E-state index contributed by atoms with van der Waals surface area (Å²) in [5.74, 6) is 0. The van der Waals surface area contributed by atoms with Gasteiger partial charge in [0.15, 0.2) is 6.54 Å². The Morgan fingerprint density at radius 2 is 2.16 bits per heavy atom. The van der Waals surface area contributed by atoms with Crippen molar-refractivity contribution in [2.75, 3.05) is 0 Å². The van der Waals surface area contributed by atoms with Crippen molar-refractivity contribution in [1.29, 1.82) is 0 Å². The molecule has 4 aromatic rings. The van der Waals surface area contributed by atoms with Crippen molar-refractivity contribution in [3.05, 3.63) is 42.5 Å². The van der Waals surface area contributed by atoms with Crippen molar-refractivity contribution in [3.8, 4) is 10.6 Å². The highest BCUT2D eigenvalue weighted by Crippen LogP contribution is 2.41. The molecule has 0 radical (unpaired) electrons. The first-order valence-electron chi connectivity index (χ1n) is 6.05. The van der Waals surface area contributed by atoms with Crippen LogP contribution in [0.2, 0.25) is 0 Å². The van der Waals surface area contributed by atoms with Gasteiger partial charge in [-0.15, -0.1) is 0 Å². The Labute approximate surface area is 116 Å². The van der Waals surface area contributed by atoms with Crippen molar-refractivity contribution < 1.29 is 4.57 Å². The molecule has 1 aliphatic heterocycles. The molecule has 0 amide bonds. The van der Waals surface area contributed by atoms with E-state index in [2.05, 4.69) is 26.7 Å². The Morgan fingerprint density at radius 3 is 3.16 bits per heavy atom. The molecule has 0 saturated carbocycles. The van der Waals surface area contributed by atoms with E-state index < -0.39 is 0 Å². The standard InChI is InChI=1S/C14H8N3S2/c1-2-8-10(16-4-1)7-17-13(8)19-12-9-3-5-15-6-11(9)18-14(12)17/h1-6H,7H2/q+1. The number of pyridine rings is 2. The largest absolute Gasteiger partial charge is 0.282 e. The molecule has 0 spiro atoms. The van der Waals surface area contributed by atoms with Crippen LogP contribution in [0.25, 0.3) is 30.2 Å². The van der Waals surface area contributed by atoms with Gasteiger partial charge in [0.05, 0.1) is 10.3 Å². The number of hydrogen-bond donors (Lipinski definition) is 0. The molecule has 0 aliphatic carbocycles. The number of hydrogen-bond acceptors (Lipinski definition) is 4. The van der Waals surface area contributed by atoms with Crippen LogP contribution >= 0.6 is 22.7 Å². The van der Waals surface area contributed by atoms with E-state index in [1.165, 1.54) is 35.9 Å². The average molecular weight is 282 g/mol. The Kier molecular flexibility index (Phi) is 1.78. The zero-order chi connectivity index (χ0) is 12.4. The van der Waals surface area contributed by atoms with Crippen molar-refractivity contribution in [1.82, 2.24) is 9.97 Å². The number of rotatable bonds is 0. The van der Waals surface area contributed by atoms with Gasteiger partial charge in [0.25, 0.3) is 9.84 Å². The van der Waals surface area contributed by atoms with Gasteiger partial charge < -0.3 is 0 Å². The molecule has 1 aliphatic rings. The van der Waals surface area contributed by atoms with E-state index >= 15 is 0 Å². The molecule has 90 valence electrons. The average Bonchev–Trinajstić information content (AvgIpc) is 3.07. The number of aromatic nitrogens is 3. The second-order valence-corrected chi connectivity index (χ2v) is 6.63. The fourth-order valence-corrected chi connectivity index (χ4v) is 5.37. The zero-order valence-corrected chi connectivity index (χ0v) is 11.5. The number of fused-ring (bicyclic) bond motifs is 7. The molecule has 5 rings (SSSR count). The lowest BCUT2D eigenvalue weighted by Gasteiger charge is -1.88. The van der Waals surface area contributed by atoms with Gasteiger partial charge in [0.1, 0.15) is 10.4 Å². The van der Waals surface area contributed by atoms with Crippen LogP contribution in [-0.2, 0) is 6.54 Å². The highest BCUT2D eigenvalue weighted by Gasteiger charge is 2.34. The fraction of sp³-hybridized carbons (Fsp3) is 0.0714. The van der Waals surface area contributed by atoms with Crippen LogP contribution in [0.5, 0.6) is 0 Å². The predicted molar refractivity (Wildman–Crippen MR) is 77.5 cm³/mol. The lowest BCUT2D eigenvalue weighted by atomic mass is 10.2. The second kappa shape index (κ2) is 3.37. The maximum atomic E-state index is 4.49.